The number of benzene rings is 2. The second-order valence-electron chi connectivity index (χ2n) is 6.34. The van der Waals surface area contributed by atoms with Crippen molar-refractivity contribution in [1.29, 1.82) is 0 Å². The van der Waals surface area contributed by atoms with Gasteiger partial charge < -0.3 is 10.5 Å². The lowest BCUT2D eigenvalue weighted by atomic mass is 9.76. The topological polar surface area (TPSA) is 52.3 Å². The minimum absolute atomic E-state index is 0.112. The van der Waals surface area contributed by atoms with Crippen LogP contribution in [-0.2, 0) is 9.53 Å². The highest BCUT2D eigenvalue weighted by atomic mass is 16.5. The summed E-state index contributed by atoms with van der Waals surface area (Å²) in [6.45, 7) is 0. The summed E-state index contributed by atoms with van der Waals surface area (Å²) >= 11 is 0. The highest BCUT2D eigenvalue weighted by molar-refractivity contribution is 5.99. The Hall–Kier alpha value is -2.81. The Balaban J connectivity index is 1.72. The first-order valence-electron chi connectivity index (χ1n) is 8.23. The van der Waals surface area contributed by atoms with E-state index in [0.717, 1.165) is 16.9 Å². The van der Waals surface area contributed by atoms with Crippen LogP contribution in [-0.4, -0.2) is 5.78 Å². The fourth-order valence-electron chi connectivity index (χ4n) is 3.65. The van der Waals surface area contributed by atoms with Crippen LogP contribution in [0.1, 0.15) is 35.8 Å². The number of hydrogen-bond acceptors (Lipinski definition) is 3. The SMILES string of the molecule is NC1=CC(c2ccccc2)C2=C(CC(c3ccccc3)CC2=O)O1. The average molecular weight is 317 g/mol. The molecule has 4 rings (SSSR count). The zero-order valence-corrected chi connectivity index (χ0v) is 13.3. The molecule has 0 saturated carbocycles. The third-order valence-corrected chi connectivity index (χ3v) is 4.78. The van der Waals surface area contributed by atoms with E-state index in [1.165, 1.54) is 5.56 Å². The third-order valence-electron chi connectivity index (χ3n) is 4.78. The van der Waals surface area contributed by atoms with Crippen LogP contribution < -0.4 is 5.73 Å². The van der Waals surface area contributed by atoms with Crippen molar-refractivity contribution >= 4 is 5.78 Å². The zero-order valence-electron chi connectivity index (χ0n) is 13.3. The van der Waals surface area contributed by atoms with E-state index in [4.69, 9.17) is 10.5 Å². The van der Waals surface area contributed by atoms with Gasteiger partial charge in [-0.2, -0.15) is 0 Å². The van der Waals surface area contributed by atoms with Crippen molar-refractivity contribution < 1.29 is 9.53 Å². The summed E-state index contributed by atoms with van der Waals surface area (Å²) in [6.07, 6.45) is 3.07. The molecule has 1 aliphatic heterocycles. The molecule has 2 aromatic carbocycles. The molecule has 120 valence electrons. The van der Waals surface area contributed by atoms with Crippen LogP contribution in [0.15, 0.2) is 84.0 Å². The summed E-state index contributed by atoms with van der Waals surface area (Å²) in [5.41, 5.74) is 9.00. The Labute approximate surface area is 141 Å². The second kappa shape index (κ2) is 6.00. The molecule has 2 atom stereocenters. The van der Waals surface area contributed by atoms with Gasteiger partial charge in [-0.05, 0) is 23.1 Å². The molecule has 2 aromatic rings. The van der Waals surface area contributed by atoms with E-state index >= 15 is 0 Å². The molecule has 2 N–H and O–H groups in total. The van der Waals surface area contributed by atoms with Gasteiger partial charge in [-0.15, -0.1) is 0 Å². The summed E-state index contributed by atoms with van der Waals surface area (Å²) < 4.78 is 5.76. The quantitative estimate of drug-likeness (QED) is 0.911. The largest absolute Gasteiger partial charge is 0.446 e. The van der Waals surface area contributed by atoms with E-state index in [1.54, 1.807) is 0 Å². The Kier molecular flexibility index (Phi) is 3.69. The normalized spacial score (nSPS) is 23.3. The smallest absolute Gasteiger partial charge is 0.187 e. The van der Waals surface area contributed by atoms with Gasteiger partial charge in [-0.25, -0.2) is 0 Å². The van der Waals surface area contributed by atoms with Crippen LogP contribution in [0.3, 0.4) is 0 Å². The molecule has 3 nitrogen and oxygen atoms in total. The number of hydrogen-bond donors (Lipinski definition) is 1. The molecule has 2 unspecified atom stereocenters. The van der Waals surface area contributed by atoms with Gasteiger partial charge in [0.05, 0.1) is 0 Å². The highest BCUT2D eigenvalue weighted by Crippen LogP contribution is 2.43. The van der Waals surface area contributed by atoms with E-state index < -0.39 is 0 Å². The maximum atomic E-state index is 12.9. The molecule has 0 spiro atoms. The molecule has 0 fully saturated rings. The van der Waals surface area contributed by atoms with Crippen LogP contribution >= 0.6 is 0 Å². The summed E-state index contributed by atoms with van der Waals surface area (Å²) in [5, 5.41) is 0. The van der Waals surface area contributed by atoms with Crippen molar-refractivity contribution in [2.24, 2.45) is 5.73 Å². The lowest BCUT2D eigenvalue weighted by molar-refractivity contribution is -0.117. The molecule has 3 heteroatoms. The standard InChI is InChI=1S/C21H19NO2/c22-20-13-17(15-9-5-2-6-10-15)21-18(23)11-16(12-19(21)24-20)14-7-3-1-4-8-14/h1-10,13,16-17H,11-12,22H2. The number of Topliss-reactive ketones (excluding diaryl/α,β-unsaturated/α-hetero) is 1. The van der Waals surface area contributed by atoms with E-state index in [-0.39, 0.29) is 17.6 Å². The molecular formula is C21H19NO2. The van der Waals surface area contributed by atoms with Crippen molar-refractivity contribution in [2.75, 3.05) is 0 Å². The maximum Gasteiger partial charge on any atom is 0.187 e. The minimum Gasteiger partial charge on any atom is -0.446 e. The highest BCUT2D eigenvalue weighted by Gasteiger charge is 2.36. The predicted molar refractivity (Wildman–Crippen MR) is 93.0 cm³/mol. The van der Waals surface area contributed by atoms with Crippen LogP contribution in [0.25, 0.3) is 0 Å². The van der Waals surface area contributed by atoms with Gasteiger partial charge >= 0.3 is 0 Å². The first-order chi connectivity index (χ1) is 11.7. The number of nitrogens with two attached hydrogens (primary N) is 1. The number of ketones is 1. The molecule has 1 heterocycles. The Morgan fingerprint density at radius 1 is 0.875 bits per heavy atom. The van der Waals surface area contributed by atoms with Crippen molar-refractivity contribution in [3.63, 3.8) is 0 Å². The van der Waals surface area contributed by atoms with Gasteiger partial charge in [0.2, 0.25) is 0 Å². The number of ether oxygens (including phenoxy) is 1. The molecule has 0 radical (unpaired) electrons. The van der Waals surface area contributed by atoms with E-state index in [9.17, 15) is 4.79 Å². The number of carbonyl (C=O) groups excluding carboxylic acids is 1. The number of rotatable bonds is 2. The zero-order chi connectivity index (χ0) is 16.5. The first-order valence-corrected chi connectivity index (χ1v) is 8.23. The van der Waals surface area contributed by atoms with Gasteiger partial charge in [0, 0.05) is 24.3 Å². The lowest BCUT2D eigenvalue weighted by Crippen LogP contribution is -2.27. The molecule has 0 amide bonds. The number of allylic oxidation sites excluding steroid dienone is 3. The van der Waals surface area contributed by atoms with Gasteiger partial charge in [0.1, 0.15) is 5.76 Å². The van der Waals surface area contributed by atoms with Gasteiger partial charge in [-0.1, -0.05) is 60.7 Å². The van der Waals surface area contributed by atoms with Crippen LogP contribution in [0.5, 0.6) is 0 Å². The number of carbonyl (C=O) groups is 1. The van der Waals surface area contributed by atoms with Crippen molar-refractivity contribution in [2.45, 2.75) is 24.7 Å². The van der Waals surface area contributed by atoms with E-state index in [1.807, 2.05) is 54.6 Å². The fraction of sp³-hybridized carbons (Fsp3) is 0.190. The Bertz CT molecular complexity index is 821. The average Bonchev–Trinajstić information content (AvgIpc) is 2.62. The summed E-state index contributed by atoms with van der Waals surface area (Å²) in [4.78, 5) is 12.9. The molecular weight excluding hydrogens is 298 g/mol. The lowest BCUT2D eigenvalue weighted by Gasteiger charge is -2.32. The second-order valence-corrected chi connectivity index (χ2v) is 6.34. The van der Waals surface area contributed by atoms with E-state index in [2.05, 4.69) is 12.1 Å². The van der Waals surface area contributed by atoms with Crippen molar-refractivity contribution in [3.8, 4) is 0 Å². The molecule has 1 aliphatic carbocycles. The Morgan fingerprint density at radius 3 is 2.17 bits per heavy atom. The van der Waals surface area contributed by atoms with Gasteiger partial charge in [-0.3, -0.25) is 4.79 Å². The third kappa shape index (κ3) is 2.62. The molecule has 2 aliphatic rings. The summed E-state index contributed by atoms with van der Waals surface area (Å²) in [5.74, 6) is 1.31. The predicted octanol–water partition coefficient (Wildman–Crippen LogP) is 4.00. The maximum absolute atomic E-state index is 12.9. The fourth-order valence-corrected chi connectivity index (χ4v) is 3.65. The molecule has 24 heavy (non-hydrogen) atoms. The van der Waals surface area contributed by atoms with Crippen molar-refractivity contribution in [3.05, 3.63) is 95.1 Å². The molecule has 0 aromatic heterocycles. The van der Waals surface area contributed by atoms with Crippen LogP contribution in [0, 0.1) is 0 Å². The van der Waals surface area contributed by atoms with Gasteiger partial charge in [0.15, 0.2) is 11.7 Å². The minimum atomic E-state index is -0.112. The van der Waals surface area contributed by atoms with Crippen molar-refractivity contribution in [1.82, 2.24) is 0 Å². The summed E-state index contributed by atoms with van der Waals surface area (Å²) in [7, 11) is 0. The van der Waals surface area contributed by atoms with E-state index in [0.29, 0.717) is 18.7 Å². The van der Waals surface area contributed by atoms with Gasteiger partial charge in [0.25, 0.3) is 0 Å². The molecule has 0 saturated heterocycles. The Morgan fingerprint density at radius 2 is 1.50 bits per heavy atom. The van der Waals surface area contributed by atoms with Crippen LogP contribution in [0.2, 0.25) is 0 Å². The van der Waals surface area contributed by atoms with Crippen LogP contribution in [0.4, 0.5) is 0 Å². The summed E-state index contributed by atoms with van der Waals surface area (Å²) in [6, 6.07) is 20.1. The monoisotopic (exact) mass is 317 g/mol. The first kappa shape index (κ1) is 14.8. The molecule has 0 bridgehead atoms.